The number of rotatable bonds is 6. The van der Waals surface area contributed by atoms with E-state index in [2.05, 4.69) is 30.6 Å². The van der Waals surface area contributed by atoms with E-state index in [9.17, 15) is 9.59 Å². The number of fused-ring (bicyclic) bond motifs is 1. The lowest BCUT2D eigenvalue weighted by atomic mass is 9.97. The number of primary amides is 1. The molecule has 1 aromatic carbocycles. The first-order valence-corrected chi connectivity index (χ1v) is 11.8. The van der Waals surface area contributed by atoms with E-state index >= 15 is 0 Å². The van der Waals surface area contributed by atoms with Crippen LogP contribution in [0.15, 0.2) is 47.3 Å². The zero-order chi connectivity index (χ0) is 25.4. The number of aryl methyl sites for hydroxylation is 2. The summed E-state index contributed by atoms with van der Waals surface area (Å²) in [7, 11) is 1.79. The number of carbonyl (C=O) groups excluding carboxylic acids is 2. The van der Waals surface area contributed by atoms with Gasteiger partial charge in [-0.1, -0.05) is 0 Å². The van der Waals surface area contributed by atoms with Crippen molar-refractivity contribution < 1.29 is 14.0 Å². The third-order valence-electron chi connectivity index (χ3n) is 6.46. The summed E-state index contributed by atoms with van der Waals surface area (Å²) in [5.41, 5.74) is 7.58. The maximum Gasteiger partial charge on any atom is 0.271 e. The van der Waals surface area contributed by atoms with Gasteiger partial charge in [0, 0.05) is 42.8 Å². The molecular formula is C25H28N8O3. The lowest BCUT2D eigenvalue weighted by Crippen LogP contribution is -2.54. The molecule has 2 amide bonds. The fourth-order valence-corrected chi connectivity index (χ4v) is 4.64. The van der Waals surface area contributed by atoms with Crippen LogP contribution in [0.2, 0.25) is 0 Å². The molecule has 2 atom stereocenters. The van der Waals surface area contributed by atoms with Gasteiger partial charge in [0.25, 0.3) is 11.8 Å². The monoisotopic (exact) mass is 488 g/mol. The van der Waals surface area contributed by atoms with Crippen LogP contribution in [0.3, 0.4) is 0 Å². The highest BCUT2D eigenvalue weighted by atomic mass is 16.3. The summed E-state index contributed by atoms with van der Waals surface area (Å²) in [5.74, 6) is 0.841. The lowest BCUT2D eigenvalue weighted by Gasteiger charge is -2.40. The molecule has 1 aliphatic heterocycles. The van der Waals surface area contributed by atoms with Crippen LogP contribution in [-0.4, -0.2) is 50.2 Å². The van der Waals surface area contributed by atoms with Crippen molar-refractivity contribution in [1.29, 1.82) is 0 Å². The van der Waals surface area contributed by atoms with Crippen molar-refractivity contribution in [2.24, 2.45) is 12.8 Å². The van der Waals surface area contributed by atoms with Gasteiger partial charge in [-0.25, -0.2) is 9.97 Å². The maximum absolute atomic E-state index is 13.1. The molecule has 11 heteroatoms. The number of furan rings is 1. The van der Waals surface area contributed by atoms with Crippen molar-refractivity contribution in [2.45, 2.75) is 38.8 Å². The summed E-state index contributed by atoms with van der Waals surface area (Å²) >= 11 is 0. The smallest absolute Gasteiger partial charge is 0.271 e. The summed E-state index contributed by atoms with van der Waals surface area (Å²) in [6, 6.07) is 7.21. The van der Waals surface area contributed by atoms with E-state index in [1.54, 1.807) is 36.4 Å². The highest BCUT2D eigenvalue weighted by Crippen LogP contribution is 2.27. The van der Waals surface area contributed by atoms with Gasteiger partial charge in [-0.3, -0.25) is 14.3 Å². The molecule has 4 heterocycles. The Morgan fingerprint density at radius 1 is 1.22 bits per heavy atom. The van der Waals surface area contributed by atoms with Crippen molar-refractivity contribution in [3.05, 3.63) is 59.9 Å². The first-order valence-electron chi connectivity index (χ1n) is 11.8. The van der Waals surface area contributed by atoms with E-state index in [0.717, 1.165) is 36.1 Å². The van der Waals surface area contributed by atoms with Crippen LogP contribution in [0.1, 0.15) is 46.4 Å². The molecule has 3 aromatic heterocycles. The Kier molecular flexibility index (Phi) is 6.05. The zero-order valence-corrected chi connectivity index (χ0v) is 20.4. The van der Waals surface area contributed by atoms with Gasteiger partial charge in [0.05, 0.1) is 18.1 Å². The topological polar surface area (TPSA) is 144 Å². The summed E-state index contributed by atoms with van der Waals surface area (Å²) in [4.78, 5) is 36.1. The molecule has 5 rings (SSSR count). The zero-order valence-electron chi connectivity index (χ0n) is 20.4. The van der Waals surface area contributed by atoms with E-state index in [1.807, 2.05) is 32.0 Å². The van der Waals surface area contributed by atoms with E-state index in [-0.39, 0.29) is 29.5 Å². The second-order valence-electron chi connectivity index (χ2n) is 9.08. The number of amides is 2. The van der Waals surface area contributed by atoms with Gasteiger partial charge in [-0.05, 0) is 51.0 Å². The molecule has 0 bridgehead atoms. The average molecular weight is 489 g/mol. The number of hydrogen-bond acceptors (Lipinski definition) is 8. The molecule has 0 saturated carbocycles. The van der Waals surface area contributed by atoms with Gasteiger partial charge in [-0.15, -0.1) is 0 Å². The number of benzene rings is 1. The van der Waals surface area contributed by atoms with Gasteiger partial charge in [0.15, 0.2) is 11.5 Å². The minimum atomic E-state index is -0.679. The molecule has 0 radical (unpaired) electrons. The number of anilines is 3. The number of piperidine rings is 1. The maximum atomic E-state index is 13.1. The Morgan fingerprint density at radius 2 is 2.06 bits per heavy atom. The number of carbonyl (C=O) groups is 2. The predicted molar refractivity (Wildman–Crippen MR) is 135 cm³/mol. The van der Waals surface area contributed by atoms with E-state index in [1.165, 1.54) is 0 Å². The third kappa shape index (κ3) is 4.59. The van der Waals surface area contributed by atoms with E-state index in [4.69, 9.17) is 10.2 Å². The number of nitrogens with one attached hydrogen (secondary N) is 2. The molecule has 4 aromatic rings. The molecular weight excluding hydrogens is 460 g/mol. The van der Waals surface area contributed by atoms with Crippen molar-refractivity contribution >= 4 is 40.1 Å². The van der Waals surface area contributed by atoms with Gasteiger partial charge in [0.1, 0.15) is 17.2 Å². The Bertz CT molecular complexity index is 1440. The second-order valence-corrected chi connectivity index (χ2v) is 9.08. The second kappa shape index (κ2) is 9.33. The van der Waals surface area contributed by atoms with Crippen LogP contribution >= 0.6 is 0 Å². The van der Waals surface area contributed by atoms with Gasteiger partial charge >= 0.3 is 0 Å². The molecule has 36 heavy (non-hydrogen) atoms. The van der Waals surface area contributed by atoms with E-state index in [0.29, 0.717) is 17.1 Å². The molecule has 0 aliphatic carbocycles. The van der Waals surface area contributed by atoms with Crippen LogP contribution in [0.25, 0.3) is 11.0 Å². The summed E-state index contributed by atoms with van der Waals surface area (Å²) in [5, 5.41) is 11.3. The molecule has 186 valence electrons. The first kappa shape index (κ1) is 23.3. The molecule has 0 spiro atoms. The SMILES string of the molecule is Cc1cc2cc(C(=O)N[C@@H]3CCCN(c4cnc(C(N)=O)c(Nc5cnn(C)c5)n4)[C@@H]3C)ccc2o1. The van der Waals surface area contributed by atoms with Crippen molar-refractivity contribution in [3.63, 3.8) is 0 Å². The minimum absolute atomic E-state index is 0.0435. The highest BCUT2D eigenvalue weighted by molar-refractivity contribution is 5.98. The Labute approximate surface area is 207 Å². The van der Waals surface area contributed by atoms with Crippen molar-refractivity contribution in [2.75, 3.05) is 16.8 Å². The predicted octanol–water partition coefficient (Wildman–Crippen LogP) is 2.89. The summed E-state index contributed by atoms with van der Waals surface area (Å²) in [6.07, 6.45) is 6.63. The molecule has 1 fully saturated rings. The van der Waals surface area contributed by atoms with Crippen LogP contribution in [0.4, 0.5) is 17.3 Å². The van der Waals surface area contributed by atoms with Crippen molar-refractivity contribution in [1.82, 2.24) is 25.1 Å². The Hall–Kier alpha value is -4.41. The quantitative estimate of drug-likeness (QED) is 0.376. The normalized spacial score (nSPS) is 17.8. The number of aromatic nitrogens is 4. The average Bonchev–Trinajstić information content (AvgIpc) is 3.43. The Morgan fingerprint density at radius 3 is 2.81 bits per heavy atom. The third-order valence-corrected chi connectivity index (χ3v) is 6.46. The van der Waals surface area contributed by atoms with Gasteiger partial charge < -0.3 is 25.7 Å². The molecule has 1 aliphatic rings. The van der Waals surface area contributed by atoms with Crippen LogP contribution in [0, 0.1) is 6.92 Å². The summed E-state index contributed by atoms with van der Waals surface area (Å²) < 4.78 is 7.25. The largest absolute Gasteiger partial charge is 0.461 e. The minimum Gasteiger partial charge on any atom is -0.461 e. The number of nitrogens with zero attached hydrogens (tertiary/aromatic N) is 5. The van der Waals surface area contributed by atoms with Crippen LogP contribution < -0.4 is 21.3 Å². The van der Waals surface area contributed by atoms with Crippen LogP contribution in [0.5, 0.6) is 0 Å². The van der Waals surface area contributed by atoms with Crippen molar-refractivity contribution in [3.8, 4) is 0 Å². The molecule has 4 N–H and O–H groups in total. The number of hydrogen-bond donors (Lipinski definition) is 3. The van der Waals surface area contributed by atoms with Crippen LogP contribution in [-0.2, 0) is 7.05 Å². The standard InChI is InChI=1S/C25H28N8O3/c1-14-9-17-10-16(6-7-20(17)36-14)25(35)30-19-5-4-8-33(15(19)2)21-12-27-22(23(26)34)24(31-21)29-18-11-28-32(3)13-18/h6-7,9-13,15,19H,4-5,8H2,1-3H3,(H2,26,34)(H,29,31)(H,30,35)/t15-,19-/m1/s1. The lowest BCUT2D eigenvalue weighted by molar-refractivity contribution is 0.0923. The molecule has 11 nitrogen and oxygen atoms in total. The molecule has 0 unspecified atom stereocenters. The fourth-order valence-electron chi connectivity index (χ4n) is 4.64. The van der Waals surface area contributed by atoms with E-state index < -0.39 is 5.91 Å². The fraction of sp³-hybridized carbons (Fsp3) is 0.320. The number of nitrogens with two attached hydrogens (primary N) is 1. The van der Waals surface area contributed by atoms with Gasteiger partial charge in [-0.2, -0.15) is 5.10 Å². The summed E-state index contributed by atoms with van der Waals surface area (Å²) in [6.45, 7) is 4.67. The molecule has 1 saturated heterocycles. The highest BCUT2D eigenvalue weighted by Gasteiger charge is 2.31. The van der Waals surface area contributed by atoms with Gasteiger partial charge in [0.2, 0.25) is 0 Å². The Balaban J connectivity index is 1.35. The first-order chi connectivity index (χ1) is 17.3.